The molecular weight excluding hydrogens is 426 g/mol. The van der Waals surface area contributed by atoms with E-state index in [1.54, 1.807) is 0 Å². The van der Waals surface area contributed by atoms with Crippen LogP contribution < -0.4 is 11.1 Å². The first kappa shape index (κ1) is 21.6. The van der Waals surface area contributed by atoms with Crippen molar-refractivity contribution < 1.29 is 4.79 Å². The van der Waals surface area contributed by atoms with E-state index in [4.69, 9.17) is 10.8 Å². The maximum atomic E-state index is 12.7. The van der Waals surface area contributed by atoms with Crippen molar-refractivity contribution in [3.05, 3.63) is 72.2 Å². The highest BCUT2D eigenvalue weighted by Gasteiger charge is 2.24. The molecule has 0 atom stereocenters. The average Bonchev–Trinajstić information content (AvgIpc) is 3.42. The fourth-order valence-electron chi connectivity index (χ4n) is 4.10. The predicted molar refractivity (Wildman–Crippen MR) is 135 cm³/mol. The van der Waals surface area contributed by atoms with Crippen LogP contribution in [-0.4, -0.2) is 37.2 Å². The second-order valence-electron chi connectivity index (χ2n) is 9.37. The van der Waals surface area contributed by atoms with E-state index < -0.39 is 0 Å². The maximum Gasteiger partial charge on any atom is 0.267 e. The van der Waals surface area contributed by atoms with Gasteiger partial charge >= 0.3 is 0 Å². The highest BCUT2D eigenvalue weighted by Crippen LogP contribution is 2.34. The number of fused-ring (bicyclic) bond motifs is 2. The highest BCUT2D eigenvalue weighted by molar-refractivity contribution is 6.02. The molecule has 0 aliphatic rings. The molecule has 8 heteroatoms. The monoisotopic (exact) mass is 453 g/mol. The average molecular weight is 454 g/mol. The van der Waals surface area contributed by atoms with Crippen LogP contribution >= 0.6 is 0 Å². The van der Waals surface area contributed by atoms with Gasteiger partial charge in [-0.2, -0.15) is 5.10 Å². The van der Waals surface area contributed by atoms with Crippen LogP contribution in [0.2, 0.25) is 0 Å². The lowest BCUT2D eigenvalue weighted by molar-refractivity contribution is 0.0950. The van der Waals surface area contributed by atoms with Gasteiger partial charge in [-0.1, -0.05) is 42.5 Å². The molecular formula is C26H27N7O. The molecule has 5 aromatic rings. The van der Waals surface area contributed by atoms with Crippen LogP contribution in [0.3, 0.4) is 0 Å². The highest BCUT2D eigenvalue weighted by atomic mass is 16.1. The Bertz CT molecular complexity index is 1490. The predicted octanol–water partition coefficient (Wildman–Crippen LogP) is 4.28. The number of carbonyl (C=O) groups is 1. The van der Waals surface area contributed by atoms with Gasteiger partial charge in [0.2, 0.25) is 0 Å². The van der Waals surface area contributed by atoms with E-state index in [0.29, 0.717) is 29.4 Å². The molecule has 0 unspecified atom stereocenters. The molecule has 172 valence electrons. The molecule has 0 radical (unpaired) electrons. The van der Waals surface area contributed by atoms with Gasteiger partial charge in [0.1, 0.15) is 23.5 Å². The largest absolute Gasteiger partial charge is 0.383 e. The number of aromatic amines is 1. The van der Waals surface area contributed by atoms with E-state index >= 15 is 0 Å². The molecule has 34 heavy (non-hydrogen) atoms. The van der Waals surface area contributed by atoms with E-state index in [9.17, 15) is 4.79 Å². The Balaban J connectivity index is 1.44. The topological polar surface area (TPSA) is 115 Å². The van der Waals surface area contributed by atoms with Gasteiger partial charge in [-0.05, 0) is 44.9 Å². The van der Waals surface area contributed by atoms with Gasteiger partial charge in [0.05, 0.1) is 10.9 Å². The van der Waals surface area contributed by atoms with Gasteiger partial charge in [0.15, 0.2) is 5.65 Å². The van der Waals surface area contributed by atoms with Gasteiger partial charge in [-0.15, -0.1) is 0 Å². The number of hydrogen-bond donors (Lipinski definition) is 3. The zero-order valence-corrected chi connectivity index (χ0v) is 19.5. The van der Waals surface area contributed by atoms with Crippen molar-refractivity contribution in [2.75, 3.05) is 12.3 Å². The van der Waals surface area contributed by atoms with Crippen LogP contribution in [0, 0.1) is 0 Å². The summed E-state index contributed by atoms with van der Waals surface area (Å²) in [4.78, 5) is 24.6. The molecule has 5 rings (SSSR count). The number of nitrogens with one attached hydrogen (secondary N) is 2. The fourth-order valence-corrected chi connectivity index (χ4v) is 4.10. The van der Waals surface area contributed by atoms with E-state index in [0.717, 1.165) is 28.3 Å². The Labute approximate surface area is 197 Å². The summed E-state index contributed by atoms with van der Waals surface area (Å²) < 4.78 is 1.88. The molecule has 0 saturated carbocycles. The Morgan fingerprint density at radius 2 is 1.88 bits per heavy atom. The van der Waals surface area contributed by atoms with E-state index in [1.165, 1.54) is 11.9 Å². The van der Waals surface area contributed by atoms with Crippen molar-refractivity contribution >= 4 is 33.7 Å². The number of nitrogens with two attached hydrogens (primary N) is 1. The van der Waals surface area contributed by atoms with Crippen molar-refractivity contribution in [2.24, 2.45) is 0 Å². The third kappa shape index (κ3) is 3.98. The van der Waals surface area contributed by atoms with Crippen LogP contribution in [-0.2, 0) is 12.0 Å². The zero-order chi connectivity index (χ0) is 23.9. The Morgan fingerprint density at radius 3 is 2.65 bits per heavy atom. The van der Waals surface area contributed by atoms with Crippen molar-refractivity contribution in [1.82, 2.24) is 30.0 Å². The van der Waals surface area contributed by atoms with Crippen LogP contribution in [0.1, 0.15) is 36.8 Å². The minimum atomic E-state index is -0.279. The molecule has 3 aromatic heterocycles. The van der Waals surface area contributed by atoms with Crippen LogP contribution in [0.5, 0.6) is 0 Å². The third-order valence-electron chi connectivity index (χ3n) is 5.81. The summed E-state index contributed by atoms with van der Waals surface area (Å²) in [6, 6.07) is 17.9. The second-order valence-corrected chi connectivity index (χ2v) is 9.37. The first-order valence-electron chi connectivity index (χ1n) is 11.3. The Kier molecular flexibility index (Phi) is 5.28. The van der Waals surface area contributed by atoms with Gasteiger partial charge < -0.3 is 16.0 Å². The number of benzene rings is 2. The van der Waals surface area contributed by atoms with Crippen molar-refractivity contribution in [3.8, 4) is 11.3 Å². The molecule has 0 spiro atoms. The maximum absolute atomic E-state index is 12.7. The van der Waals surface area contributed by atoms with Crippen molar-refractivity contribution in [1.29, 1.82) is 0 Å². The zero-order valence-electron chi connectivity index (χ0n) is 19.5. The molecule has 8 nitrogen and oxygen atoms in total. The minimum absolute atomic E-state index is 0.131. The molecule has 2 aromatic carbocycles. The van der Waals surface area contributed by atoms with Gasteiger partial charge in [-0.3, -0.25) is 4.79 Å². The lowest BCUT2D eigenvalue weighted by Gasteiger charge is -2.19. The van der Waals surface area contributed by atoms with Gasteiger partial charge in [0, 0.05) is 23.0 Å². The van der Waals surface area contributed by atoms with E-state index in [-0.39, 0.29) is 11.4 Å². The summed E-state index contributed by atoms with van der Waals surface area (Å²) in [5.74, 6) is 0.259. The standard InChI is InChI=1S/C26H27N7O/c1-26(2,3)33-24-21(23(27)29-15-30-24)22(32-33)18-10-9-17-13-20(31-19(17)14-18)25(34)28-12-11-16-7-5-4-6-8-16/h4-10,13-15,31H,11-12H2,1-3H3,(H,28,34)(H2,27,29,30). The molecule has 3 heterocycles. The lowest BCUT2D eigenvalue weighted by Crippen LogP contribution is -2.25. The SMILES string of the molecule is CC(C)(C)n1nc(-c2ccc3cc(C(=O)NCCc4ccccc4)[nH]c3c2)c2c(N)ncnc21. The summed E-state index contributed by atoms with van der Waals surface area (Å²) in [7, 11) is 0. The molecule has 0 saturated heterocycles. The fraction of sp³-hybridized carbons (Fsp3) is 0.231. The van der Waals surface area contributed by atoms with E-state index in [2.05, 4.69) is 53.2 Å². The summed E-state index contributed by atoms with van der Waals surface area (Å²) >= 11 is 0. The Hall–Kier alpha value is -4.20. The Morgan fingerprint density at radius 1 is 1.09 bits per heavy atom. The summed E-state index contributed by atoms with van der Waals surface area (Å²) in [5.41, 5.74) is 10.8. The normalized spacial score (nSPS) is 11.9. The summed E-state index contributed by atoms with van der Waals surface area (Å²) in [6.45, 7) is 6.77. The number of amides is 1. The number of carbonyl (C=O) groups excluding carboxylic acids is 1. The number of hydrogen-bond acceptors (Lipinski definition) is 5. The number of anilines is 1. The van der Waals surface area contributed by atoms with Crippen LogP contribution in [0.15, 0.2) is 60.9 Å². The smallest absolute Gasteiger partial charge is 0.267 e. The van der Waals surface area contributed by atoms with E-state index in [1.807, 2.05) is 47.1 Å². The molecule has 0 aliphatic heterocycles. The van der Waals surface area contributed by atoms with Crippen molar-refractivity contribution in [3.63, 3.8) is 0 Å². The molecule has 4 N–H and O–H groups in total. The number of nitrogen functional groups attached to an aromatic ring is 1. The second kappa shape index (κ2) is 8.30. The quantitative estimate of drug-likeness (QED) is 0.367. The van der Waals surface area contributed by atoms with Gasteiger partial charge in [-0.25, -0.2) is 14.6 Å². The van der Waals surface area contributed by atoms with Crippen LogP contribution in [0.25, 0.3) is 33.2 Å². The third-order valence-corrected chi connectivity index (χ3v) is 5.81. The first-order chi connectivity index (χ1) is 16.3. The van der Waals surface area contributed by atoms with Gasteiger partial charge in [0.25, 0.3) is 5.91 Å². The molecule has 0 bridgehead atoms. The number of nitrogens with zero attached hydrogens (tertiary/aromatic N) is 4. The summed E-state index contributed by atoms with van der Waals surface area (Å²) in [6.07, 6.45) is 2.24. The minimum Gasteiger partial charge on any atom is -0.383 e. The molecule has 0 aliphatic carbocycles. The molecule has 1 amide bonds. The van der Waals surface area contributed by atoms with Crippen LogP contribution in [0.4, 0.5) is 5.82 Å². The number of H-pyrrole nitrogens is 1. The first-order valence-corrected chi connectivity index (χ1v) is 11.3. The lowest BCUT2D eigenvalue weighted by atomic mass is 10.1. The van der Waals surface area contributed by atoms with Crippen molar-refractivity contribution in [2.45, 2.75) is 32.7 Å². The molecule has 0 fully saturated rings. The number of rotatable bonds is 5. The summed E-state index contributed by atoms with van der Waals surface area (Å²) in [5, 5.41) is 9.51. The number of aromatic nitrogens is 5.